The number of carbonyl (C=O) groups is 3. The van der Waals surface area contributed by atoms with Gasteiger partial charge in [0, 0.05) is 18.3 Å². The highest BCUT2D eigenvalue weighted by Gasteiger charge is 2.35. The summed E-state index contributed by atoms with van der Waals surface area (Å²) >= 11 is 0. The average molecular weight is 390 g/mol. The Kier molecular flexibility index (Phi) is 6.61. The second kappa shape index (κ2) is 8.71. The molecule has 1 N–H and O–H groups in total. The first-order valence-electron chi connectivity index (χ1n) is 7.80. The number of anilines is 1. The van der Waals surface area contributed by atoms with Crippen molar-refractivity contribution in [3.05, 3.63) is 24.3 Å². The van der Waals surface area contributed by atoms with Crippen molar-refractivity contribution in [2.45, 2.75) is 18.8 Å². The maximum absolute atomic E-state index is 12.4. The zero-order chi connectivity index (χ0) is 20.0. The molecule has 0 radical (unpaired) electrons. The molecule has 0 aliphatic carbocycles. The molecule has 1 aromatic carbocycles. The van der Waals surface area contributed by atoms with Crippen molar-refractivity contribution >= 4 is 23.5 Å². The van der Waals surface area contributed by atoms with Crippen molar-refractivity contribution in [3.63, 3.8) is 0 Å². The molecule has 2 amide bonds. The number of hydrogen-bond acceptors (Lipinski definition) is 6. The fraction of sp³-hybridized carbons (Fsp3) is 0.438. The summed E-state index contributed by atoms with van der Waals surface area (Å²) in [4.78, 5) is 36.3. The van der Waals surface area contributed by atoms with E-state index in [0.717, 1.165) is 12.1 Å². The van der Waals surface area contributed by atoms with E-state index in [1.165, 1.54) is 24.1 Å². The lowest BCUT2D eigenvalue weighted by atomic mass is 10.2. The zero-order valence-electron chi connectivity index (χ0n) is 14.2. The molecule has 1 saturated heterocycles. The lowest BCUT2D eigenvalue weighted by Gasteiger charge is -2.18. The van der Waals surface area contributed by atoms with E-state index in [-0.39, 0.29) is 18.7 Å². The van der Waals surface area contributed by atoms with Gasteiger partial charge >= 0.3 is 12.3 Å². The molecule has 1 aliphatic heterocycles. The molecule has 1 fully saturated rings. The minimum Gasteiger partial charge on any atom is -0.467 e. The summed E-state index contributed by atoms with van der Waals surface area (Å²) in [5, 5.41) is 2.45. The number of amides is 2. The molecule has 0 spiro atoms. The third-order valence-electron chi connectivity index (χ3n) is 3.58. The molecule has 1 aromatic rings. The first-order valence-corrected chi connectivity index (χ1v) is 7.80. The van der Waals surface area contributed by atoms with Crippen molar-refractivity contribution < 1.29 is 41.8 Å². The quantitative estimate of drug-likeness (QED) is 0.698. The fourth-order valence-corrected chi connectivity index (χ4v) is 2.44. The van der Waals surface area contributed by atoms with Crippen LogP contribution < -0.4 is 15.0 Å². The number of nitrogens with zero attached hydrogens (tertiary/aromatic N) is 1. The number of ether oxygens (including phenoxy) is 3. The standard InChI is InChI=1S/C16H17F3N2O6/c1-25-14(23)9-26-8-13(22)20-12-5-6-21(15(12)24)10-3-2-4-11(7-10)27-16(17,18)19/h2-4,7,12H,5-6,8-9H2,1H3,(H,20,22). The highest BCUT2D eigenvalue weighted by atomic mass is 19.4. The highest BCUT2D eigenvalue weighted by molar-refractivity contribution is 6.01. The number of carbonyl (C=O) groups excluding carboxylic acids is 3. The summed E-state index contributed by atoms with van der Waals surface area (Å²) in [5.74, 6) is -2.17. The average Bonchev–Trinajstić information content (AvgIpc) is 2.94. The van der Waals surface area contributed by atoms with Gasteiger partial charge in [0.25, 0.3) is 0 Å². The summed E-state index contributed by atoms with van der Waals surface area (Å²) in [6.07, 6.45) is -4.57. The van der Waals surface area contributed by atoms with E-state index in [0.29, 0.717) is 0 Å². The topological polar surface area (TPSA) is 94.2 Å². The van der Waals surface area contributed by atoms with Crippen molar-refractivity contribution in [1.29, 1.82) is 0 Å². The molecule has 0 aromatic heterocycles. The third-order valence-corrected chi connectivity index (χ3v) is 3.58. The van der Waals surface area contributed by atoms with Gasteiger partial charge in [-0.3, -0.25) is 9.59 Å². The van der Waals surface area contributed by atoms with Crippen LogP contribution in [-0.2, 0) is 23.9 Å². The van der Waals surface area contributed by atoms with E-state index in [2.05, 4.69) is 14.8 Å². The first kappa shape index (κ1) is 20.5. The van der Waals surface area contributed by atoms with Crippen molar-refractivity contribution in [3.8, 4) is 5.75 Å². The van der Waals surface area contributed by atoms with Gasteiger partial charge in [0.1, 0.15) is 25.0 Å². The van der Waals surface area contributed by atoms with E-state index in [1.54, 1.807) is 0 Å². The van der Waals surface area contributed by atoms with Gasteiger partial charge in [-0.1, -0.05) is 6.07 Å². The molecule has 8 nitrogen and oxygen atoms in total. The number of benzene rings is 1. The molecule has 1 aliphatic rings. The van der Waals surface area contributed by atoms with Crippen molar-refractivity contribution in [2.24, 2.45) is 0 Å². The lowest BCUT2D eigenvalue weighted by molar-refractivity contribution is -0.274. The Bertz CT molecular complexity index is 710. The van der Waals surface area contributed by atoms with Crippen molar-refractivity contribution in [2.75, 3.05) is 31.8 Å². The molecule has 1 atom stereocenters. The molecule has 1 heterocycles. The number of rotatable bonds is 7. The van der Waals surface area contributed by atoms with Crippen LogP contribution in [0.3, 0.4) is 0 Å². The lowest BCUT2D eigenvalue weighted by Crippen LogP contribution is -2.43. The number of esters is 1. The SMILES string of the molecule is COC(=O)COCC(=O)NC1CCN(c2cccc(OC(F)(F)F)c2)C1=O. The fourth-order valence-electron chi connectivity index (χ4n) is 2.44. The van der Waals surface area contributed by atoms with E-state index in [9.17, 15) is 27.6 Å². The summed E-state index contributed by atoms with van der Waals surface area (Å²) in [6, 6.07) is 4.16. The summed E-state index contributed by atoms with van der Waals surface area (Å²) in [5.41, 5.74) is 0.223. The molecular formula is C16H17F3N2O6. The molecule has 0 bridgehead atoms. The second-order valence-electron chi connectivity index (χ2n) is 5.51. The van der Waals surface area contributed by atoms with Crippen LogP contribution in [0.5, 0.6) is 5.75 Å². The Morgan fingerprint density at radius 2 is 2.04 bits per heavy atom. The van der Waals surface area contributed by atoms with Gasteiger partial charge in [0.15, 0.2) is 0 Å². The molecule has 148 valence electrons. The predicted molar refractivity (Wildman–Crippen MR) is 84.9 cm³/mol. The van der Waals surface area contributed by atoms with E-state index in [4.69, 9.17) is 4.74 Å². The van der Waals surface area contributed by atoms with E-state index < -0.39 is 49.2 Å². The predicted octanol–water partition coefficient (Wildman–Crippen LogP) is 0.996. The molecule has 2 rings (SSSR count). The van der Waals surface area contributed by atoms with E-state index >= 15 is 0 Å². The number of nitrogens with one attached hydrogen (secondary N) is 1. The first-order chi connectivity index (χ1) is 12.7. The number of halogens is 3. The monoisotopic (exact) mass is 390 g/mol. The highest BCUT2D eigenvalue weighted by Crippen LogP contribution is 2.29. The van der Waals surface area contributed by atoms with Gasteiger partial charge < -0.3 is 24.4 Å². The number of hydrogen-bond donors (Lipinski definition) is 1. The molecule has 11 heteroatoms. The molecule has 0 saturated carbocycles. The van der Waals surface area contributed by atoms with Crippen LogP contribution in [0.1, 0.15) is 6.42 Å². The zero-order valence-corrected chi connectivity index (χ0v) is 14.2. The third kappa shape index (κ3) is 6.13. The summed E-state index contributed by atoms with van der Waals surface area (Å²) in [7, 11) is 1.17. The minimum atomic E-state index is -4.84. The maximum Gasteiger partial charge on any atom is 0.573 e. The van der Waals surface area contributed by atoms with Crippen LogP contribution in [-0.4, -0.2) is 57.1 Å². The molecular weight excluding hydrogens is 373 g/mol. The molecule has 1 unspecified atom stereocenters. The number of alkyl halides is 3. The van der Waals surface area contributed by atoms with Gasteiger partial charge in [-0.25, -0.2) is 4.79 Å². The Morgan fingerprint density at radius 3 is 2.70 bits per heavy atom. The van der Waals surface area contributed by atoms with Crippen molar-refractivity contribution in [1.82, 2.24) is 5.32 Å². The van der Waals surface area contributed by atoms with Crippen LogP contribution in [0.25, 0.3) is 0 Å². The van der Waals surface area contributed by atoms with Gasteiger partial charge in [0.2, 0.25) is 11.8 Å². The van der Waals surface area contributed by atoms with Crippen LogP contribution in [0.4, 0.5) is 18.9 Å². The summed E-state index contributed by atoms with van der Waals surface area (Å²) < 4.78 is 50.0. The summed E-state index contributed by atoms with van der Waals surface area (Å²) in [6.45, 7) is -0.628. The number of methoxy groups -OCH3 is 1. The van der Waals surface area contributed by atoms with Gasteiger partial charge in [-0.05, 0) is 18.6 Å². The second-order valence-corrected chi connectivity index (χ2v) is 5.51. The Labute approximate surface area is 152 Å². The normalized spacial score (nSPS) is 17.0. The smallest absolute Gasteiger partial charge is 0.467 e. The van der Waals surface area contributed by atoms with Crippen LogP contribution in [0.2, 0.25) is 0 Å². The van der Waals surface area contributed by atoms with Crippen LogP contribution in [0, 0.1) is 0 Å². The van der Waals surface area contributed by atoms with Gasteiger partial charge in [-0.15, -0.1) is 13.2 Å². The van der Waals surface area contributed by atoms with Gasteiger partial charge in [0.05, 0.1) is 7.11 Å². The maximum atomic E-state index is 12.4. The van der Waals surface area contributed by atoms with E-state index in [1.807, 2.05) is 0 Å². The van der Waals surface area contributed by atoms with Gasteiger partial charge in [-0.2, -0.15) is 0 Å². The Hall–Kier alpha value is -2.82. The minimum absolute atomic E-state index is 0.211. The largest absolute Gasteiger partial charge is 0.573 e. The Balaban J connectivity index is 1.92. The molecule has 27 heavy (non-hydrogen) atoms. The van der Waals surface area contributed by atoms with Crippen LogP contribution >= 0.6 is 0 Å². The Morgan fingerprint density at radius 1 is 1.30 bits per heavy atom. The van der Waals surface area contributed by atoms with Crippen LogP contribution in [0.15, 0.2) is 24.3 Å².